The van der Waals surface area contributed by atoms with E-state index < -0.39 is 0 Å². The molecule has 0 fully saturated rings. The SMILES string of the molecule is Cc1ccc(Cc2nc(CN)cn2C)cc1. The average molecular weight is 215 g/mol. The first kappa shape index (κ1) is 10.9. The van der Waals surface area contributed by atoms with Crippen LogP contribution in [0.1, 0.15) is 22.6 Å². The molecule has 3 heteroatoms. The summed E-state index contributed by atoms with van der Waals surface area (Å²) in [5, 5.41) is 0. The van der Waals surface area contributed by atoms with Crippen LogP contribution < -0.4 is 5.73 Å². The Morgan fingerprint density at radius 2 is 1.94 bits per heavy atom. The van der Waals surface area contributed by atoms with Crippen molar-refractivity contribution in [3.05, 3.63) is 53.1 Å². The molecule has 1 aromatic carbocycles. The van der Waals surface area contributed by atoms with Gasteiger partial charge in [0, 0.05) is 26.2 Å². The summed E-state index contributed by atoms with van der Waals surface area (Å²) in [5.74, 6) is 1.06. The molecule has 2 rings (SSSR count). The van der Waals surface area contributed by atoms with E-state index in [1.807, 2.05) is 17.8 Å². The van der Waals surface area contributed by atoms with E-state index in [1.54, 1.807) is 0 Å². The Balaban J connectivity index is 2.19. The minimum atomic E-state index is 0.502. The van der Waals surface area contributed by atoms with Crippen molar-refractivity contribution in [3.63, 3.8) is 0 Å². The Bertz CT molecular complexity index is 468. The zero-order chi connectivity index (χ0) is 11.5. The van der Waals surface area contributed by atoms with E-state index in [0.717, 1.165) is 17.9 Å². The summed E-state index contributed by atoms with van der Waals surface area (Å²) in [4.78, 5) is 4.48. The smallest absolute Gasteiger partial charge is 0.113 e. The molecule has 0 amide bonds. The van der Waals surface area contributed by atoms with E-state index in [-0.39, 0.29) is 0 Å². The van der Waals surface area contributed by atoms with E-state index in [9.17, 15) is 0 Å². The second-order valence-electron chi connectivity index (χ2n) is 4.13. The van der Waals surface area contributed by atoms with E-state index >= 15 is 0 Å². The van der Waals surface area contributed by atoms with Gasteiger partial charge in [-0.1, -0.05) is 29.8 Å². The van der Waals surface area contributed by atoms with Crippen LogP contribution >= 0.6 is 0 Å². The summed E-state index contributed by atoms with van der Waals surface area (Å²) in [6, 6.07) is 8.54. The van der Waals surface area contributed by atoms with Crippen LogP contribution in [0.5, 0.6) is 0 Å². The van der Waals surface area contributed by atoms with Crippen molar-refractivity contribution in [1.29, 1.82) is 0 Å². The van der Waals surface area contributed by atoms with Crippen LogP contribution in [0.15, 0.2) is 30.5 Å². The van der Waals surface area contributed by atoms with Crippen molar-refractivity contribution in [3.8, 4) is 0 Å². The summed E-state index contributed by atoms with van der Waals surface area (Å²) in [7, 11) is 2.01. The molecule has 3 nitrogen and oxygen atoms in total. The summed E-state index contributed by atoms with van der Waals surface area (Å²) >= 11 is 0. The molecule has 0 spiro atoms. The summed E-state index contributed by atoms with van der Waals surface area (Å²) < 4.78 is 2.04. The molecule has 0 bridgehead atoms. The van der Waals surface area contributed by atoms with E-state index in [4.69, 9.17) is 5.73 Å². The fourth-order valence-electron chi connectivity index (χ4n) is 1.72. The lowest BCUT2D eigenvalue weighted by atomic mass is 10.1. The van der Waals surface area contributed by atoms with E-state index in [1.165, 1.54) is 11.1 Å². The molecule has 0 unspecified atom stereocenters. The maximum Gasteiger partial charge on any atom is 0.113 e. The highest BCUT2D eigenvalue weighted by Gasteiger charge is 2.04. The molecule has 2 aromatic rings. The predicted molar refractivity (Wildman–Crippen MR) is 65.1 cm³/mol. The van der Waals surface area contributed by atoms with Crippen LogP contribution in [0.4, 0.5) is 0 Å². The minimum Gasteiger partial charge on any atom is -0.337 e. The second-order valence-corrected chi connectivity index (χ2v) is 4.13. The standard InChI is InChI=1S/C13H17N3/c1-10-3-5-11(6-4-10)7-13-15-12(8-14)9-16(13)2/h3-6,9H,7-8,14H2,1-2H3. The topological polar surface area (TPSA) is 43.8 Å². The Morgan fingerprint density at radius 3 is 2.50 bits per heavy atom. The largest absolute Gasteiger partial charge is 0.337 e. The molecule has 1 heterocycles. The lowest BCUT2D eigenvalue weighted by Gasteiger charge is -2.02. The molecule has 16 heavy (non-hydrogen) atoms. The average Bonchev–Trinajstić information content (AvgIpc) is 2.63. The molecule has 2 N–H and O–H groups in total. The molecule has 0 aliphatic carbocycles. The normalized spacial score (nSPS) is 10.7. The third-order valence-corrected chi connectivity index (χ3v) is 2.71. The van der Waals surface area contributed by atoms with Gasteiger partial charge in [0.15, 0.2) is 0 Å². The van der Waals surface area contributed by atoms with Crippen LogP contribution in [-0.2, 0) is 20.0 Å². The Hall–Kier alpha value is -1.61. The first-order valence-electron chi connectivity index (χ1n) is 5.46. The van der Waals surface area contributed by atoms with Gasteiger partial charge in [-0.3, -0.25) is 0 Å². The number of nitrogens with zero attached hydrogens (tertiary/aromatic N) is 2. The Kier molecular flexibility index (Phi) is 3.06. The Morgan fingerprint density at radius 1 is 1.25 bits per heavy atom. The fraction of sp³-hybridized carbons (Fsp3) is 0.308. The molecule has 0 radical (unpaired) electrons. The highest BCUT2D eigenvalue weighted by molar-refractivity contribution is 5.24. The van der Waals surface area contributed by atoms with Crippen molar-refractivity contribution in [2.45, 2.75) is 19.9 Å². The highest BCUT2D eigenvalue weighted by Crippen LogP contribution is 2.10. The van der Waals surface area contributed by atoms with Gasteiger partial charge < -0.3 is 10.3 Å². The number of aromatic nitrogens is 2. The van der Waals surface area contributed by atoms with E-state index in [0.29, 0.717) is 6.54 Å². The number of aryl methyl sites for hydroxylation is 2. The van der Waals surface area contributed by atoms with Gasteiger partial charge in [-0.15, -0.1) is 0 Å². The van der Waals surface area contributed by atoms with Gasteiger partial charge in [-0.25, -0.2) is 4.98 Å². The number of nitrogens with two attached hydrogens (primary N) is 1. The zero-order valence-corrected chi connectivity index (χ0v) is 9.77. The van der Waals surface area contributed by atoms with Gasteiger partial charge in [0.25, 0.3) is 0 Å². The zero-order valence-electron chi connectivity index (χ0n) is 9.77. The fourth-order valence-corrected chi connectivity index (χ4v) is 1.72. The molecule has 0 saturated carbocycles. The number of hydrogen-bond acceptors (Lipinski definition) is 2. The van der Waals surface area contributed by atoms with Gasteiger partial charge in [0.2, 0.25) is 0 Å². The highest BCUT2D eigenvalue weighted by atomic mass is 15.0. The molecule has 84 valence electrons. The van der Waals surface area contributed by atoms with Crippen LogP contribution in [0.2, 0.25) is 0 Å². The van der Waals surface area contributed by atoms with Crippen molar-refractivity contribution in [2.75, 3.05) is 0 Å². The number of rotatable bonds is 3. The molecule has 1 aromatic heterocycles. The first-order valence-corrected chi connectivity index (χ1v) is 5.46. The lowest BCUT2D eigenvalue weighted by molar-refractivity contribution is 0.821. The van der Waals surface area contributed by atoms with Gasteiger partial charge in [-0.05, 0) is 12.5 Å². The van der Waals surface area contributed by atoms with Crippen LogP contribution in [0.3, 0.4) is 0 Å². The maximum absolute atomic E-state index is 5.57. The summed E-state index contributed by atoms with van der Waals surface area (Å²) in [5.41, 5.74) is 9.08. The predicted octanol–water partition coefficient (Wildman–Crippen LogP) is 1.78. The van der Waals surface area contributed by atoms with Crippen LogP contribution in [0, 0.1) is 6.92 Å². The number of benzene rings is 1. The molecule has 0 aliphatic rings. The number of hydrogen-bond donors (Lipinski definition) is 1. The van der Waals surface area contributed by atoms with Crippen molar-refractivity contribution in [1.82, 2.24) is 9.55 Å². The molecule has 0 atom stereocenters. The molecule has 0 saturated heterocycles. The van der Waals surface area contributed by atoms with Gasteiger partial charge in [0.1, 0.15) is 5.82 Å². The molecular weight excluding hydrogens is 198 g/mol. The van der Waals surface area contributed by atoms with Crippen LogP contribution in [-0.4, -0.2) is 9.55 Å². The van der Waals surface area contributed by atoms with Crippen molar-refractivity contribution < 1.29 is 0 Å². The summed E-state index contributed by atoms with van der Waals surface area (Å²) in [6.07, 6.45) is 2.85. The van der Waals surface area contributed by atoms with Crippen molar-refractivity contribution in [2.24, 2.45) is 12.8 Å². The quantitative estimate of drug-likeness (QED) is 0.848. The Labute approximate surface area is 95.9 Å². The van der Waals surface area contributed by atoms with E-state index in [2.05, 4.69) is 36.2 Å². The molecule has 0 aliphatic heterocycles. The maximum atomic E-state index is 5.57. The monoisotopic (exact) mass is 215 g/mol. The second kappa shape index (κ2) is 4.49. The number of imidazole rings is 1. The lowest BCUT2D eigenvalue weighted by Crippen LogP contribution is -1.98. The third kappa shape index (κ3) is 2.31. The summed E-state index contributed by atoms with van der Waals surface area (Å²) in [6.45, 7) is 2.60. The van der Waals surface area contributed by atoms with Gasteiger partial charge >= 0.3 is 0 Å². The third-order valence-electron chi connectivity index (χ3n) is 2.71. The van der Waals surface area contributed by atoms with Gasteiger partial charge in [0.05, 0.1) is 5.69 Å². The van der Waals surface area contributed by atoms with Crippen molar-refractivity contribution >= 4 is 0 Å². The van der Waals surface area contributed by atoms with Crippen LogP contribution in [0.25, 0.3) is 0 Å². The molecular formula is C13H17N3. The minimum absolute atomic E-state index is 0.502. The first-order chi connectivity index (χ1) is 7.69. The van der Waals surface area contributed by atoms with Gasteiger partial charge in [-0.2, -0.15) is 0 Å².